The van der Waals surface area contributed by atoms with Crippen molar-refractivity contribution < 1.29 is 28.1 Å². The Labute approximate surface area is 188 Å². The lowest BCUT2D eigenvalue weighted by molar-refractivity contribution is -0.0892. The van der Waals surface area contributed by atoms with Gasteiger partial charge in [0.15, 0.2) is 0 Å². The molecule has 0 saturated heterocycles. The molecule has 2 aromatic rings. The van der Waals surface area contributed by atoms with Gasteiger partial charge in [0, 0.05) is 11.6 Å². The number of aliphatic hydroxyl groups is 1. The van der Waals surface area contributed by atoms with Crippen LogP contribution in [0.1, 0.15) is 67.6 Å². The molecule has 0 radical (unpaired) electrons. The van der Waals surface area contributed by atoms with Gasteiger partial charge in [0.25, 0.3) is 0 Å². The highest BCUT2D eigenvalue weighted by Gasteiger charge is 2.36. The van der Waals surface area contributed by atoms with E-state index in [1.165, 1.54) is 19.2 Å². The van der Waals surface area contributed by atoms with E-state index in [2.05, 4.69) is 0 Å². The van der Waals surface area contributed by atoms with Crippen LogP contribution in [0.5, 0.6) is 0 Å². The van der Waals surface area contributed by atoms with E-state index in [0.717, 1.165) is 34.7 Å². The van der Waals surface area contributed by atoms with Crippen LogP contribution in [0.15, 0.2) is 36.4 Å². The number of fused-ring (bicyclic) bond motifs is 1. The molecule has 0 heterocycles. The van der Waals surface area contributed by atoms with Crippen LogP contribution in [-0.4, -0.2) is 36.9 Å². The minimum Gasteiger partial charge on any atom is -0.465 e. The molecule has 0 atom stereocenters. The summed E-state index contributed by atoms with van der Waals surface area (Å²) in [6, 6.07) is 8.88. The molecule has 32 heavy (non-hydrogen) atoms. The van der Waals surface area contributed by atoms with Crippen molar-refractivity contribution in [2.45, 2.75) is 58.2 Å². The van der Waals surface area contributed by atoms with Crippen molar-refractivity contribution in [3.05, 3.63) is 70.3 Å². The Bertz CT molecular complexity index is 1050. The second kappa shape index (κ2) is 9.16. The third kappa shape index (κ3) is 4.94. The van der Waals surface area contributed by atoms with E-state index in [1.807, 2.05) is 6.07 Å². The highest BCUT2D eigenvalue weighted by atomic mass is 19.1. The molecule has 4 nitrogen and oxygen atoms in total. The van der Waals surface area contributed by atoms with E-state index in [0.29, 0.717) is 24.0 Å². The van der Waals surface area contributed by atoms with Gasteiger partial charge in [-0.3, -0.25) is 0 Å². The summed E-state index contributed by atoms with van der Waals surface area (Å²) in [5.41, 5.74) is 2.05. The largest absolute Gasteiger partial charge is 0.465 e. The maximum atomic E-state index is 14.8. The zero-order chi connectivity index (χ0) is 23.7. The molecule has 0 unspecified atom stereocenters. The third-order valence-corrected chi connectivity index (χ3v) is 6.40. The van der Waals surface area contributed by atoms with Gasteiger partial charge in [-0.15, -0.1) is 0 Å². The monoisotopic (exact) mass is 442 g/mol. The predicted octanol–water partition coefficient (Wildman–Crippen LogP) is 4.87. The first-order valence-electron chi connectivity index (χ1n) is 10.7. The van der Waals surface area contributed by atoms with Gasteiger partial charge < -0.3 is 14.5 Å². The van der Waals surface area contributed by atoms with Crippen LogP contribution in [0.3, 0.4) is 0 Å². The number of esters is 1. The number of carbonyl (C=O) groups is 1. The summed E-state index contributed by atoms with van der Waals surface area (Å²) >= 11 is 0. The lowest BCUT2D eigenvalue weighted by atomic mass is 9.73. The number of allylic oxidation sites excluding steroid dienone is 1. The van der Waals surface area contributed by atoms with Crippen molar-refractivity contribution in [2.24, 2.45) is 0 Å². The Hall–Kier alpha value is -2.51. The molecule has 0 amide bonds. The average Bonchev–Trinajstić information content (AvgIpc) is 2.89. The summed E-state index contributed by atoms with van der Waals surface area (Å²) in [4.78, 5) is 12.0. The summed E-state index contributed by atoms with van der Waals surface area (Å²) in [6.45, 7) is 6.94. The summed E-state index contributed by atoms with van der Waals surface area (Å²) in [6.07, 6.45) is 1.97. The Morgan fingerprint density at radius 3 is 2.34 bits per heavy atom. The number of methoxy groups -OCH3 is 1. The van der Waals surface area contributed by atoms with Crippen molar-refractivity contribution in [3.8, 4) is 0 Å². The van der Waals surface area contributed by atoms with E-state index in [-0.39, 0.29) is 7.48 Å². The van der Waals surface area contributed by atoms with Crippen molar-refractivity contribution in [1.29, 1.82) is 0 Å². The van der Waals surface area contributed by atoms with Crippen LogP contribution in [0.2, 0.25) is 0 Å². The second-order valence-electron chi connectivity index (χ2n) is 9.16. The highest BCUT2D eigenvalue weighted by Crippen LogP contribution is 2.38. The molecule has 0 aliphatic heterocycles. The lowest BCUT2D eigenvalue weighted by Gasteiger charge is -2.38. The van der Waals surface area contributed by atoms with E-state index < -0.39 is 28.8 Å². The molecule has 170 valence electrons. The maximum absolute atomic E-state index is 14.8. The summed E-state index contributed by atoms with van der Waals surface area (Å²) in [5.74, 6) is -1.69. The van der Waals surface area contributed by atoms with Gasteiger partial charge in [0.2, 0.25) is 0 Å². The molecule has 7 heteroatoms. The van der Waals surface area contributed by atoms with Crippen LogP contribution in [0.4, 0.5) is 8.78 Å². The molecular formula is C25H29BF2O4. The molecule has 2 aromatic carbocycles. The number of ether oxygens (including phenoxy) is 1. The predicted molar refractivity (Wildman–Crippen MR) is 123 cm³/mol. The summed E-state index contributed by atoms with van der Waals surface area (Å²) in [5, 5.41) is 10.5. The molecule has 1 aliphatic rings. The lowest BCUT2D eigenvalue weighted by Crippen LogP contribution is -2.48. The van der Waals surface area contributed by atoms with E-state index in [4.69, 9.17) is 9.39 Å². The van der Waals surface area contributed by atoms with Crippen molar-refractivity contribution in [2.75, 3.05) is 7.11 Å². The van der Waals surface area contributed by atoms with Crippen molar-refractivity contribution in [3.63, 3.8) is 0 Å². The van der Waals surface area contributed by atoms with E-state index >= 15 is 0 Å². The van der Waals surface area contributed by atoms with Gasteiger partial charge in [-0.25, -0.2) is 13.6 Å². The minimum atomic E-state index is -1.11. The first kappa shape index (κ1) is 24.1. The number of aryl methyl sites for hydroxylation is 1. The van der Waals surface area contributed by atoms with Gasteiger partial charge in [0.1, 0.15) is 11.6 Å². The van der Waals surface area contributed by atoms with Gasteiger partial charge >= 0.3 is 13.5 Å². The highest BCUT2D eigenvalue weighted by molar-refractivity contribution is 6.58. The number of hydrogen-bond acceptors (Lipinski definition) is 4. The Morgan fingerprint density at radius 1 is 1.03 bits per heavy atom. The number of hydrogen-bond donors (Lipinski definition) is 1. The molecule has 0 bridgehead atoms. The average molecular weight is 442 g/mol. The first-order chi connectivity index (χ1) is 14.9. The normalized spacial score (nSPS) is 14.6. The topological polar surface area (TPSA) is 55.8 Å². The van der Waals surface area contributed by atoms with Crippen LogP contribution in [-0.2, 0) is 15.8 Å². The number of rotatable bonds is 6. The summed E-state index contributed by atoms with van der Waals surface area (Å²) < 4.78 is 39.4. The zero-order valence-corrected chi connectivity index (χ0v) is 19.2. The van der Waals surface area contributed by atoms with Crippen LogP contribution in [0.25, 0.3) is 11.0 Å². The quantitative estimate of drug-likeness (QED) is 0.512. The van der Waals surface area contributed by atoms with Gasteiger partial charge in [-0.2, -0.15) is 0 Å². The Morgan fingerprint density at radius 2 is 1.72 bits per heavy atom. The molecular weight excluding hydrogens is 413 g/mol. The molecule has 0 spiro atoms. The summed E-state index contributed by atoms with van der Waals surface area (Å²) in [7, 11) is 1.45. The third-order valence-electron chi connectivity index (χ3n) is 6.40. The second-order valence-corrected chi connectivity index (χ2v) is 9.16. The minimum absolute atomic E-state index is 0.119. The van der Waals surface area contributed by atoms with Gasteiger partial charge in [-0.1, -0.05) is 6.07 Å². The van der Waals surface area contributed by atoms with Crippen LogP contribution >= 0.6 is 0 Å². The van der Waals surface area contributed by atoms with E-state index in [1.54, 1.807) is 39.8 Å². The maximum Gasteiger partial charge on any atom is 0.337 e. The number of benzene rings is 2. The molecule has 0 saturated carbocycles. The molecule has 1 N–H and O–H groups in total. The number of halogens is 2. The number of carbonyl (C=O) groups excluding carboxylic acids is 1. The molecule has 0 fully saturated rings. The fraction of sp³-hybridized carbons (Fsp3) is 0.400. The van der Waals surface area contributed by atoms with Crippen molar-refractivity contribution in [1.82, 2.24) is 0 Å². The van der Waals surface area contributed by atoms with Gasteiger partial charge in [-0.05, 0) is 93.4 Å². The molecule has 1 aliphatic carbocycles. The Kier molecular flexibility index (Phi) is 6.91. The van der Waals surface area contributed by atoms with Crippen LogP contribution < -0.4 is 0 Å². The Balaban J connectivity index is 2.16. The smallest absolute Gasteiger partial charge is 0.337 e. The molecule has 0 aromatic heterocycles. The first-order valence-corrected chi connectivity index (χ1v) is 10.7. The SMILES string of the molecule is COC(=O)c1ccc2c(c1)CCCC(c1ccc(F)cc1F)=C2BOC(C)(C)C(C)(C)O. The standard InChI is InChI=1S/C25H29BF2O4/c1-24(2,30)25(3,4)32-26-22-18-11-9-16(23(29)31-5)13-15(18)7-6-8-20(22)19-12-10-17(27)14-21(19)28/h9-14,26,30H,6-8H2,1-5H3. The van der Waals surface area contributed by atoms with Crippen molar-refractivity contribution >= 4 is 24.5 Å². The fourth-order valence-electron chi connectivity index (χ4n) is 3.73. The van der Waals surface area contributed by atoms with Crippen LogP contribution in [0, 0.1) is 11.6 Å². The van der Waals surface area contributed by atoms with Gasteiger partial charge in [0.05, 0.1) is 23.9 Å². The van der Waals surface area contributed by atoms with E-state index in [9.17, 15) is 18.7 Å². The zero-order valence-electron chi connectivity index (χ0n) is 19.2. The fourth-order valence-corrected chi connectivity index (χ4v) is 3.73. The molecule has 3 rings (SSSR count).